The van der Waals surface area contributed by atoms with Gasteiger partial charge in [-0.2, -0.15) is 0 Å². The quantitative estimate of drug-likeness (QED) is 0.847. The van der Waals surface area contributed by atoms with E-state index in [4.69, 9.17) is 9.47 Å². The molecule has 2 saturated heterocycles. The molecule has 3 rings (SSSR count). The molecule has 2 amide bonds. The molecule has 0 aromatic carbocycles. The van der Waals surface area contributed by atoms with Crippen LogP contribution in [-0.4, -0.2) is 55.6 Å². The highest BCUT2D eigenvalue weighted by molar-refractivity contribution is 5.74. The third-order valence-electron chi connectivity index (χ3n) is 4.71. The van der Waals surface area contributed by atoms with Gasteiger partial charge in [-0.1, -0.05) is 6.07 Å². The molecule has 2 aliphatic rings. The molecule has 7 heteroatoms. The molecule has 0 radical (unpaired) electrons. The second kappa shape index (κ2) is 8.49. The van der Waals surface area contributed by atoms with E-state index in [0.717, 1.165) is 50.5 Å². The van der Waals surface area contributed by atoms with Gasteiger partial charge in [-0.3, -0.25) is 0 Å². The maximum absolute atomic E-state index is 12.0. The average Bonchev–Trinajstić information content (AvgIpc) is 3.15. The number of anilines is 1. The first-order valence-corrected chi connectivity index (χ1v) is 9.09. The second-order valence-corrected chi connectivity index (χ2v) is 6.82. The number of rotatable bonds is 5. The van der Waals surface area contributed by atoms with Gasteiger partial charge in [0.15, 0.2) is 0 Å². The lowest BCUT2D eigenvalue weighted by Gasteiger charge is -2.32. The number of nitrogens with one attached hydrogen (secondary N) is 2. The van der Waals surface area contributed by atoms with E-state index in [2.05, 4.69) is 27.4 Å². The standard InChI is InChI=1S/C18H28N4O3/c1-13-12-22(7-9-24-13)17-6-5-15(10-19-17)11-20-18(23)21-14(2)16-4-3-8-25-16/h5-6,10,13-14,16H,3-4,7-9,11-12H2,1-2H3,(H2,20,21,23)/t13-,14+,16+/m1/s1. The van der Waals surface area contributed by atoms with Gasteiger partial charge in [0.25, 0.3) is 0 Å². The van der Waals surface area contributed by atoms with Crippen molar-refractivity contribution >= 4 is 11.8 Å². The van der Waals surface area contributed by atoms with Crippen LogP contribution in [0.5, 0.6) is 0 Å². The van der Waals surface area contributed by atoms with Gasteiger partial charge in [0, 0.05) is 32.4 Å². The maximum atomic E-state index is 12.0. The fourth-order valence-electron chi connectivity index (χ4n) is 3.26. The second-order valence-electron chi connectivity index (χ2n) is 6.82. The minimum atomic E-state index is -0.172. The van der Waals surface area contributed by atoms with Gasteiger partial charge in [0.1, 0.15) is 5.82 Å². The minimum Gasteiger partial charge on any atom is -0.376 e. The van der Waals surface area contributed by atoms with Crippen LogP contribution in [0.25, 0.3) is 0 Å². The monoisotopic (exact) mass is 348 g/mol. The van der Waals surface area contributed by atoms with E-state index in [1.54, 1.807) is 0 Å². The van der Waals surface area contributed by atoms with Crippen LogP contribution in [0, 0.1) is 0 Å². The van der Waals surface area contributed by atoms with E-state index in [9.17, 15) is 4.79 Å². The maximum Gasteiger partial charge on any atom is 0.315 e. The number of hydrogen-bond acceptors (Lipinski definition) is 5. The summed E-state index contributed by atoms with van der Waals surface area (Å²) >= 11 is 0. The molecule has 3 heterocycles. The van der Waals surface area contributed by atoms with E-state index in [0.29, 0.717) is 6.54 Å². The minimum absolute atomic E-state index is 0.0197. The molecule has 2 fully saturated rings. The topological polar surface area (TPSA) is 75.7 Å². The molecular formula is C18H28N4O3. The molecule has 0 bridgehead atoms. The van der Waals surface area contributed by atoms with Crippen LogP contribution in [-0.2, 0) is 16.0 Å². The fourth-order valence-corrected chi connectivity index (χ4v) is 3.26. The van der Waals surface area contributed by atoms with Crippen LogP contribution in [0.3, 0.4) is 0 Å². The Hall–Kier alpha value is -1.86. The number of urea groups is 1. The van der Waals surface area contributed by atoms with Gasteiger partial charge < -0.3 is 25.0 Å². The molecule has 2 N–H and O–H groups in total. The van der Waals surface area contributed by atoms with Gasteiger partial charge in [-0.15, -0.1) is 0 Å². The van der Waals surface area contributed by atoms with Crippen molar-refractivity contribution in [3.8, 4) is 0 Å². The van der Waals surface area contributed by atoms with Crippen molar-refractivity contribution in [1.82, 2.24) is 15.6 Å². The lowest BCUT2D eigenvalue weighted by atomic mass is 10.1. The third-order valence-corrected chi connectivity index (χ3v) is 4.71. The summed E-state index contributed by atoms with van der Waals surface area (Å²) in [6.45, 7) is 7.74. The molecule has 0 unspecified atom stereocenters. The summed E-state index contributed by atoms with van der Waals surface area (Å²) in [5, 5.41) is 5.82. The predicted molar refractivity (Wildman–Crippen MR) is 95.7 cm³/mol. The molecule has 1 aromatic rings. The number of morpholine rings is 1. The summed E-state index contributed by atoms with van der Waals surface area (Å²) in [6.07, 6.45) is 4.25. The number of pyridine rings is 1. The van der Waals surface area contributed by atoms with Crippen LogP contribution in [0.15, 0.2) is 18.3 Å². The number of hydrogen-bond donors (Lipinski definition) is 2. The first kappa shape index (κ1) is 17.9. The van der Waals surface area contributed by atoms with Crippen LogP contribution in [0.4, 0.5) is 10.6 Å². The van der Waals surface area contributed by atoms with E-state index in [1.165, 1.54) is 0 Å². The van der Waals surface area contributed by atoms with Crippen molar-refractivity contribution in [1.29, 1.82) is 0 Å². The van der Waals surface area contributed by atoms with Crippen molar-refractivity contribution in [3.63, 3.8) is 0 Å². The first-order chi connectivity index (χ1) is 12.1. The molecule has 2 aliphatic heterocycles. The highest BCUT2D eigenvalue weighted by atomic mass is 16.5. The molecule has 0 saturated carbocycles. The highest BCUT2D eigenvalue weighted by Gasteiger charge is 2.23. The molecule has 138 valence electrons. The Morgan fingerprint density at radius 3 is 2.96 bits per heavy atom. The summed E-state index contributed by atoms with van der Waals surface area (Å²) < 4.78 is 11.1. The number of carbonyl (C=O) groups excluding carboxylic acids is 1. The van der Waals surface area contributed by atoms with Crippen molar-refractivity contribution in [3.05, 3.63) is 23.9 Å². The summed E-state index contributed by atoms with van der Waals surface area (Å²) in [5.74, 6) is 0.954. The summed E-state index contributed by atoms with van der Waals surface area (Å²) in [5.41, 5.74) is 0.977. The largest absolute Gasteiger partial charge is 0.376 e. The zero-order valence-electron chi connectivity index (χ0n) is 15.0. The van der Waals surface area contributed by atoms with Gasteiger partial charge in [-0.25, -0.2) is 9.78 Å². The van der Waals surface area contributed by atoms with Crippen molar-refractivity contribution in [2.75, 3.05) is 31.2 Å². The number of aromatic nitrogens is 1. The summed E-state index contributed by atoms with van der Waals surface area (Å²) in [7, 11) is 0. The van der Waals surface area contributed by atoms with E-state index in [1.807, 2.05) is 25.3 Å². The molecular weight excluding hydrogens is 320 g/mol. The SMILES string of the molecule is C[C@@H]1CN(c2ccc(CNC(=O)N[C@@H](C)[C@@H]3CCCO3)cn2)CCO1. The molecule has 3 atom stereocenters. The van der Waals surface area contributed by atoms with Crippen LogP contribution in [0.1, 0.15) is 32.3 Å². The average molecular weight is 348 g/mol. The lowest BCUT2D eigenvalue weighted by molar-refractivity contribution is 0.0529. The van der Waals surface area contributed by atoms with Crippen molar-refractivity contribution < 1.29 is 14.3 Å². The Morgan fingerprint density at radius 1 is 1.40 bits per heavy atom. The number of carbonyl (C=O) groups is 1. The smallest absolute Gasteiger partial charge is 0.315 e. The van der Waals surface area contributed by atoms with Crippen LogP contribution < -0.4 is 15.5 Å². The molecule has 1 aromatic heterocycles. The van der Waals surface area contributed by atoms with Gasteiger partial charge in [0.05, 0.1) is 24.9 Å². The first-order valence-electron chi connectivity index (χ1n) is 9.09. The Bertz CT molecular complexity index is 560. The highest BCUT2D eigenvalue weighted by Crippen LogP contribution is 2.16. The Balaban J connectivity index is 1.44. The van der Waals surface area contributed by atoms with Crippen molar-refractivity contribution in [2.24, 2.45) is 0 Å². The van der Waals surface area contributed by atoms with Gasteiger partial charge in [-0.05, 0) is 38.3 Å². The zero-order valence-corrected chi connectivity index (χ0v) is 15.0. The number of ether oxygens (including phenoxy) is 2. The summed E-state index contributed by atoms with van der Waals surface area (Å²) in [4.78, 5) is 18.8. The summed E-state index contributed by atoms with van der Waals surface area (Å²) in [6, 6.07) is 3.86. The zero-order chi connectivity index (χ0) is 17.6. The predicted octanol–water partition coefficient (Wildman–Crippen LogP) is 1.67. The molecule has 0 spiro atoms. The Morgan fingerprint density at radius 2 is 2.28 bits per heavy atom. The normalized spacial score (nSPS) is 24.8. The Labute approximate surface area is 149 Å². The van der Waals surface area contributed by atoms with Crippen LogP contribution in [0.2, 0.25) is 0 Å². The van der Waals surface area contributed by atoms with Crippen LogP contribution >= 0.6 is 0 Å². The van der Waals surface area contributed by atoms with E-state index >= 15 is 0 Å². The van der Waals surface area contributed by atoms with E-state index < -0.39 is 0 Å². The molecule has 25 heavy (non-hydrogen) atoms. The Kier molecular flexibility index (Phi) is 6.09. The fraction of sp³-hybridized carbons (Fsp3) is 0.667. The molecule has 0 aliphatic carbocycles. The van der Waals surface area contributed by atoms with Gasteiger partial charge in [0.2, 0.25) is 0 Å². The molecule has 7 nitrogen and oxygen atoms in total. The number of amides is 2. The van der Waals surface area contributed by atoms with Crippen molar-refractivity contribution in [2.45, 2.75) is 51.5 Å². The van der Waals surface area contributed by atoms with Gasteiger partial charge >= 0.3 is 6.03 Å². The lowest BCUT2D eigenvalue weighted by Crippen LogP contribution is -2.45. The third kappa shape index (κ3) is 5.06. The van der Waals surface area contributed by atoms with E-state index in [-0.39, 0.29) is 24.3 Å². The number of nitrogens with zero attached hydrogens (tertiary/aromatic N) is 2.